The highest BCUT2D eigenvalue weighted by atomic mass is 16.2. The van der Waals surface area contributed by atoms with Crippen LogP contribution in [0.4, 0.5) is 4.79 Å². The lowest BCUT2D eigenvalue weighted by atomic mass is 9.82. The standard InChI is InChI=1S/C11H20N4O3/c12-10(18)15-8(16)4-7-14-9(17)11(13)5-2-1-3-6-11/h1-7,13H2,(H,14,17)(H3,12,15,16,18). The fraction of sp³-hybridized carbons (Fsp3) is 0.727. The minimum absolute atomic E-state index is 0.00472. The van der Waals surface area contributed by atoms with Gasteiger partial charge in [0.1, 0.15) is 0 Å². The van der Waals surface area contributed by atoms with E-state index >= 15 is 0 Å². The number of hydrogen-bond acceptors (Lipinski definition) is 4. The molecule has 1 aliphatic rings. The summed E-state index contributed by atoms with van der Waals surface area (Å²) >= 11 is 0. The molecule has 18 heavy (non-hydrogen) atoms. The van der Waals surface area contributed by atoms with Crippen molar-refractivity contribution in [3.05, 3.63) is 0 Å². The van der Waals surface area contributed by atoms with Gasteiger partial charge in [-0.15, -0.1) is 0 Å². The molecular weight excluding hydrogens is 236 g/mol. The molecule has 0 aromatic rings. The second-order valence-corrected chi connectivity index (χ2v) is 4.64. The van der Waals surface area contributed by atoms with Crippen LogP contribution in [-0.2, 0) is 9.59 Å². The minimum Gasteiger partial charge on any atom is -0.354 e. The number of hydrogen-bond donors (Lipinski definition) is 4. The van der Waals surface area contributed by atoms with Gasteiger partial charge in [-0.1, -0.05) is 19.3 Å². The van der Waals surface area contributed by atoms with Gasteiger partial charge in [0, 0.05) is 13.0 Å². The van der Waals surface area contributed by atoms with Crippen molar-refractivity contribution < 1.29 is 14.4 Å². The van der Waals surface area contributed by atoms with Crippen LogP contribution in [0.15, 0.2) is 0 Å². The van der Waals surface area contributed by atoms with Gasteiger partial charge in [-0.25, -0.2) is 4.79 Å². The van der Waals surface area contributed by atoms with Crippen molar-refractivity contribution >= 4 is 17.8 Å². The Morgan fingerprint density at radius 2 is 1.72 bits per heavy atom. The zero-order chi connectivity index (χ0) is 13.6. The summed E-state index contributed by atoms with van der Waals surface area (Å²) in [5, 5.41) is 4.54. The van der Waals surface area contributed by atoms with E-state index in [0.29, 0.717) is 12.8 Å². The SMILES string of the molecule is NC(=O)NC(=O)CCNC(=O)C1(N)CCCCC1. The van der Waals surface area contributed by atoms with Crippen LogP contribution in [0.1, 0.15) is 38.5 Å². The molecule has 0 spiro atoms. The van der Waals surface area contributed by atoms with Crippen molar-refractivity contribution in [1.82, 2.24) is 10.6 Å². The summed E-state index contributed by atoms with van der Waals surface area (Å²) < 4.78 is 0. The van der Waals surface area contributed by atoms with Gasteiger partial charge in [0.15, 0.2) is 0 Å². The van der Waals surface area contributed by atoms with E-state index in [9.17, 15) is 14.4 Å². The van der Waals surface area contributed by atoms with Crippen LogP contribution >= 0.6 is 0 Å². The predicted octanol–water partition coefficient (Wildman–Crippen LogP) is -0.651. The first kappa shape index (κ1) is 14.4. The maximum atomic E-state index is 11.9. The zero-order valence-corrected chi connectivity index (χ0v) is 10.3. The fourth-order valence-electron chi connectivity index (χ4n) is 2.08. The Morgan fingerprint density at radius 1 is 1.11 bits per heavy atom. The fourth-order valence-corrected chi connectivity index (χ4v) is 2.08. The van der Waals surface area contributed by atoms with E-state index in [4.69, 9.17) is 11.5 Å². The Kier molecular flexibility index (Phi) is 5.08. The van der Waals surface area contributed by atoms with Crippen LogP contribution < -0.4 is 22.1 Å². The molecule has 0 radical (unpaired) electrons. The molecule has 0 unspecified atom stereocenters. The molecule has 102 valence electrons. The van der Waals surface area contributed by atoms with Crippen LogP contribution in [0.3, 0.4) is 0 Å². The van der Waals surface area contributed by atoms with Gasteiger partial charge in [0.2, 0.25) is 11.8 Å². The number of carbonyl (C=O) groups is 3. The van der Waals surface area contributed by atoms with E-state index in [1.807, 2.05) is 5.32 Å². The van der Waals surface area contributed by atoms with Gasteiger partial charge in [-0.2, -0.15) is 0 Å². The first-order valence-corrected chi connectivity index (χ1v) is 6.10. The third-order valence-electron chi connectivity index (χ3n) is 3.10. The molecule has 7 nitrogen and oxygen atoms in total. The summed E-state index contributed by atoms with van der Waals surface area (Å²) in [7, 11) is 0. The molecule has 6 N–H and O–H groups in total. The molecular formula is C11H20N4O3. The van der Waals surface area contributed by atoms with E-state index in [0.717, 1.165) is 19.3 Å². The highest BCUT2D eigenvalue weighted by Crippen LogP contribution is 2.25. The molecule has 1 saturated carbocycles. The van der Waals surface area contributed by atoms with E-state index in [2.05, 4.69) is 5.32 Å². The number of nitrogens with one attached hydrogen (secondary N) is 2. The van der Waals surface area contributed by atoms with Gasteiger partial charge < -0.3 is 16.8 Å². The lowest BCUT2D eigenvalue weighted by molar-refractivity contribution is -0.127. The second-order valence-electron chi connectivity index (χ2n) is 4.64. The zero-order valence-electron chi connectivity index (χ0n) is 10.3. The van der Waals surface area contributed by atoms with Crippen molar-refractivity contribution in [2.24, 2.45) is 11.5 Å². The van der Waals surface area contributed by atoms with Crippen LogP contribution in [0, 0.1) is 0 Å². The van der Waals surface area contributed by atoms with Gasteiger partial charge in [-0.3, -0.25) is 14.9 Å². The Balaban J connectivity index is 2.28. The van der Waals surface area contributed by atoms with Crippen LogP contribution in [0.25, 0.3) is 0 Å². The smallest absolute Gasteiger partial charge is 0.318 e. The highest BCUT2D eigenvalue weighted by molar-refractivity contribution is 5.93. The average Bonchev–Trinajstić information content (AvgIpc) is 2.28. The Morgan fingerprint density at radius 3 is 2.28 bits per heavy atom. The molecule has 0 aromatic heterocycles. The summed E-state index contributed by atoms with van der Waals surface area (Å²) in [4.78, 5) is 33.3. The second kappa shape index (κ2) is 6.34. The molecule has 1 rings (SSSR count). The number of amides is 4. The molecule has 7 heteroatoms. The Labute approximate surface area is 106 Å². The maximum absolute atomic E-state index is 11.9. The van der Waals surface area contributed by atoms with Crippen LogP contribution in [-0.4, -0.2) is 29.9 Å². The van der Waals surface area contributed by atoms with E-state index in [-0.39, 0.29) is 18.9 Å². The van der Waals surface area contributed by atoms with Crippen LogP contribution in [0.2, 0.25) is 0 Å². The summed E-state index contributed by atoms with van der Waals surface area (Å²) in [5.74, 6) is -0.744. The van der Waals surface area contributed by atoms with Crippen molar-refractivity contribution in [3.63, 3.8) is 0 Å². The Hall–Kier alpha value is -1.63. The quantitative estimate of drug-likeness (QED) is 0.533. The first-order valence-electron chi connectivity index (χ1n) is 6.10. The van der Waals surface area contributed by atoms with Gasteiger partial charge in [-0.05, 0) is 12.8 Å². The van der Waals surface area contributed by atoms with Gasteiger partial charge in [0.25, 0.3) is 0 Å². The number of imide groups is 1. The lowest BCUT2D eigenvalue weighted by Crippen LogP contribution is -2.55. The molecule has 0 bridgehead atoms. The molecule has 1 aliphatic carbocycles. The predicted molar refractivity (Wildman–Crippen MR) is 65.4 cm³/mol. The topological polar surface area (TPSA) is 127 Å². The molecule has 0 saturated heterocycles. The summed E-state index contributed by atoms with van der Waals surface area (Å²) in [6.45, 7) is 0.150. The third kappa shape index (κ3) is 4.33. The Bertz CT molecular complexity index is 337. The largest absolute Gasteiger partial charge is 0.354 e. The number of carbonyl (C=O) groups excluding carboxylic acids is 3. The van der Waals surface area contributed by atoms with Crippen LogP contribution in [0.5, 0.6) is 0 Å². The molecule has 0 heterocycles. The molecule has 1 fully saturated rings. The van der Waals surface area contributed by atoms with E-state index in [1.54, 1.807) is 0 Å². The number of rotatable bonds is 4. The van der Waals surface area contributed by atoms with Crippen molar-refractivity contribution in [3.8, 4) is 0 Å². The number of nitrogens with two attached hydrogens (primary N) is 2. The molecule has 0 aromatic carbocycles. The lowest BCUT2D eigenvalue weighted by Gasteiger charge is -2.31. The third-order valence-corrected chi connectivity index (χ3v) is 3.10. The first-order chi connectivity index (χ1) is 8.44. The van der Waals surface area contributed by atoms with Crippen molar-refractivity contribution in [2.45, 2.75) is 44.1 Å². The average molecular weight is 256 g/mol. The highest BCUT2D eigenvalue weighted by Gasteiger charge is 2.34. The summed E-state index contributed by atoms with van der Waals surface area (Å²) in [5.41, 5.74) is 9.99. The monoisotopic (exact) mass is 256 g/mol. The number of primary amides is 1. The molecule has 0 aliphatic heterocycles. The normalized spacial score (nSPS) is 17.8. The maximum Gasteiger partial charge on any atom is 0.318 e. The number of urea groups is 1. The van der Waals surface area contributed by atoms with Crippen molar-refractivity contribution in [1.29, 1.82) is 0 Å². The van der Waals surface area contributed by atoms with E-state index < -0.39 is 17.5 Å². The van der Waals surface area contributed by atoms with Crippen molar-refractivity contribution in [2.75, 3.05) is 6.54 Å². The summed E-state index contributed by atoms with van der Waals surface area (Å²) in [6.07, 6.45) is 4.36. The van der Waals surface area contributed by atoms with Gasteiger partial charge >= 0.3 is 6.03 Å². The molecule has 0 atom stereocenters. The minimum atomic E-state index is -0.895. The van der Waals surface area contributed by atoms with Gasteiger partial charge in [0.05, 0.1) is 5.54 Å². The molecule has 4 amide bonds. The van der Waals surface area contributed by atoms with E-state index in [1.165, 1.54) is 0 Å². The summed E-state index contributed by atoms with van der Waals surface area (Å²) in [6, 6.07) is -0.895.